The zero-order chi connectivity index (χ0) is 14.3. The van der Waals surface area contributed by atoms with Crippen molar-refractivity contribution in [3.8, 4) is 11.3 Å². The molecule has 106 valence electrons. The smallest absolute Gasteiger partial charge is 0.370 e. The molecule has 0 saturated heterocycles. The van der Waals surface area contributed by atoms with Crippen molar-refractivity contribution in [2.45, 2.75) is 26.1 Å². The van der Waals surface area contributed by atoms with E-state index in [2.05, 4.69) is 10.4 Å². The Kier molecular flexibility index (Phi) is 2.96. The highest BCUT2D eigenvalue weighted by atomic mass is 19.4. The summed E-state index contributed by atoms with van der Waals surface area (Å²) in [5.41, 5.74) is 1.96. The molecule has 0 amide bonds. The summed E-state index contributed by atoms with van der Waals surface area (Å²) >= 11 is 0. The highest BCUT2D eigenvalue weighted by molar-refractivity contribution is 5.71. The third kappa shape index (κ3) is 2.05. The van der Waals surface area contributed by atoms with Crippen LogP contribution in [0.5, 0.6) is 0 Å². The number of aromatic nitrogens is 2. The third-order valence-electron chi connectivity index (χ3n) is 3.50. The lowest BCUT2D eigenvalue weighted by molar-refractivity contribution is -0.137. The Hall–Kier alpha value is -1.98. The van der Waals surface area contributed by atoms with Crippen molar-refractivity contribution < 1.29 is 13.2 Å². The molecule has 1 N–H and O–H groups in total. The van der Waals surface area contributed by atoms with E-state index >= 15 is 0 Å². The highest BCUT2D eigenvalue weighted by Gasteiger charge is 2.30. The maximum atomic E-state index is 12.6. The van der Waals surface area contributed by atoms with Crippen LogP contribution in [0.25, 0.3) is 11.3 Å². The molecule has 0 unspecified atom stereocenters. The van der Waals surface area contributed by atoms with Crippen LogP contribution in [-0.2, 0) is 19.1 Å². The lowest BCUT2D eigenvalue weighted by atomic mass is 10.0. The van der Waals surface area contributed by atoms with Gasteiger partial charge in [0.2, 0.25) is 0 Å². The van der Waals surface area contributed by atoms with Gasteiger partial charge in [0, 0.05) is 24.2 Å². The van der Waals surface area contributed by atoms with Crippen LogP contribution in [0.3, 0.4) is 0 Å². The van der Waals surface area contributed by atoms with Gasteiger partial charge in [-0.05, 0) is 25.5 Å². The van der Waals surface area contributed by atoms with Gasteiger partial charge in [-0.25, -0.2) is 4.68 Å². The molecule has 0 spiro atoms. The SMILES string of the molecule is CCn1nc(-c2ccc(C(F)(F)F)cc2)c2c1NCC2. The molecular weight excluding hydrogens is 267 g/mol. The first-order chi connectivity index (χ1) is 9.50. The Labute approximate surface area is 114 Å². The zero-order valence-corrected chi connectivity index (χ0v) is 11.0. The maximum absolute atomic E-state index is 12.6. The van der Waals surface area contributed by atoms with Gasteiger partial charge < -0.3 is 5.32 Å². The molecule has 0 radical (unpaired) electrons. The molecule has 6 heteroatoms. The fraction of sp³-hybridized carbons (Fsp3) is 0.357. The van der Waals surface area contributed by atoms with Crippen molar-refractivity contribution in [3.05, 3.63) is 35.4 Å². The van der Waals surface area contributed by atoms with E-state index in [1.165, 1.54) is 12.1 Å². The van der Waals surface area contributed by atoms with Crippen LogP contribution in [0, 0.1) is 0 Å². The zero-order valence-electron chi connectivity index (χ0n) is 11.0. The molecule has 1 aromatic carbocycles. The summed E-state index contributed by atoms with van der Waals surface area (Å²) in [6.45, 7) is 3.57. The summed E-state index contributed by atoms with van der Waals surface area (Å²) in [6.07, 6.45) is -3.45. The van der Waals surface area contributed by atoms with E-state index in [0.717, 1.165) is 54.3 Å². The molecule has 0 aliphatic carbocycles. The average Bonchev–Trinajstić information content (AvgIpc) is 2.99. The minimum Gasteiger partial charge on any atom is -0.370 e. The number of rotatable bonds is 2. The van der Waals surface area contributed by atoms with Crippen molar-refractivity contribution in [1.29, 1.82) is 0 Å². The van der Waals surface area contributed by atoms with E-state index in [9.17, 15) is 13.2 Å². The number of hydrogen-bond donors (Lipinski definition) is 1. The van der Waals surface area contributed by atoms with Crippen LogP contribution in [0.4, 0.5) is 19.0 Å². The number of aryl methyl sites for hydroxylation is 1. The fourth-order valence-electron chi connectivity index (χ4n) is 2.52. The number of hydrogen-bond acceptors (Lipinski definition) is 2. The number of halogens is 3. The van der Waals surface area contributed by atoms with Gasteiger partial charge in [0.05, 0.1) is 11.3 Å². The van der Waals surface area contributed by atoms with Crippen molar-refractivity contribution >= 4 is 5.82 Å². The van der Waals surface area contributed by atoms with Gasteiger partial charge in [-0.3, -0.25) is 0 Å². The summed E-state index contributed by atoms with van der Waals surface area (Å²) in [5, 5.41) is 7.75. The number of anilines is 1. The normalized spacial score (nSPS) is 14.2. The quantitative estimate of drug-likeness (QED) is 0.912. The monoisotopic (exact) mass is 281 g/mol. The van der Waals surface area contributed by atoms with Crippen LogP contribution >= 0.6 is 0 Å². The first-order valence-electron chi connectivity index (χ1n) is 6.52. The minimum atomic E-state index is -4.30. The Bertz CT molecular complexity index is 626. The van der Waals surface area contributed by atoms with Crippen LogP contribution in [-0.4, -0.2) is 16.3 Å². The fourth-order valence-corrected chi connectivity index (χ4v) is 2.52. The van der Waals surface area contributed by atoms with Crippen LogP contribution in [0.15, 0.2) is 24.3 Å². The van der Waals surface area contributed by atoms with Crippen LogP contribution < -0.4 is 5.32 Å². The standard InChI is InChI=1S/C14H14F3N3/c1-2-20-13-11(7-8-18-13)12(19-20)9-3-5-10(6-4-9)14(15,16)17/h3-6,18H,2,7-8H2,1H3. The van der Waals surface area contributed by atoms with E-state index in [1.807, 2.05) is 11.6 Å². The van der Waals surface area contributed by atoms with Crippen molar-refractivity contribution in [2.24, 2.45) is 0 Å². The van der Waals surface area contributed by atoms with Crippen molar-refractivity contribution in [3.63, 3.8) is 0 Å². The Morgan fingerprint density at radius 2 is 1.95 bits per heavy atom. The first kappa shape index (κ1) is 13.0. The maximum Gasteiger partial charge on any atom is 0.416 e. The summed E-state index contributed by atoms with van der Waals surface area (Å²) in [6, 6.07) is 5.19. The lowest BCUT2D eigenvalue weighted by Gasteiger charge is -2.07. The van der Waals surface area contributed by atoms with Crippen molar-refractivity contribution in [2.75, 3.05) is 11.9 Å². The molecule has 1 aromatic heterocycles. The van der Waals surface area contributed by atoms with Crippen LogP contribution in [0.1, 0.15) is 18.1 Å². The lowest BCUT2D eigenvalue weighted by Crippen LogP contribution is -2.05. The van der Waals surface area contributed by atoms with Gasteiger partial charge in [-0.1, -0.05) is 12.1 Å². The van der Waals surface area contributed by atoms with E-state index in [1.54, 1.807) is 0 Å². The van der Waals surface area contributed by atoms with Gasteiger partial charge in [0.25, 0.3) is 0 Å². The molecule has 0 bridgehead atoms. The number of nitrogens with one attached hydrogen (secondary N) is 1. The molecule has 0 fully saturated rings. The largest absolute Gasteiger partial charge is 0.416 e. The third-order valence-corrected chi connectivity index (χ3v) is 3.50. The summed E-state index contributed by atoms with van der Waals surface area (Å²) < 4.78 is 39.6. The van der Waals surface area contributed by atoms with Gasteiger partial charge in [0.1, 0.15) is 5.82 Å². The van der Waals surface area contributed by atoms with Gasteiger partial charge in [-0.2, -0.15) is 18.3 Å². The minimum absolute atomic E-state index is 0.633. The molecule has 1 aliphatic rings. The van der Waals surface area contributed by atoms with Gasteiger partial charge in [0.15, 0.2) is 0 Å². The summed E-state index contributed by atoms with van der Waals surface area (Å²) in [7, 11) is 0. The second-order valence-electron chi connectivity index (χ2n) is 4.74. The second kappa shape index (κ2) is 4.54. The summed E-state index contributed by atoms with van der Waals surface area (Å²) in [5.74, 6) is 0.988. The highest BCUT2D eigenvalue weighted by Crippen LogP contribution is 2.35. The average molecular weight is 281 g/mol. The predicted molar refractivity (Wildman–Crippen MR) is 70.5 cm³/mol. The Morgan fingerprint density at radius 1 is 1.25 bits per heavy atom. The molecule has 2 heterocycles. The number of fused-ring (bicyclic) bond motifs is 1. The molecule has 3 nitrogen and oxygen atoms in total. The van der Waals surface area contributed by atoms with Gasteiger partial charge in [-0.15, -0.1) is 0 Å². The molecule has 1 aliphatic heterocycles. The van der Waals surface area contributed by atoms with E-state index in [4.69, 9.17) is 0 Å². The second-order valence-corrected chi connectivity index (χ2v) is 4.74. The van der Waals surface area contributed by atoms with Crippen LogP contribution in [0.2, 0.25) is 0 Å². The molecular formula is C14H14F3N3. The number of nitrogens with zero attached hydrogens (tertiary/aromatic N) is 2. The number of alkyl halides is 3. The molecule has 2 aromatic rings. The first-order valence-corrected chi connectivity index (χ1v) is 6.52. The topological polar surface area (TPSA) is 29.9 Å². The Balaban J connectivity index is 2.02. The summed E-state index contributed by atoms with van der Waals surface area (Å²) in [4.78, 5) is 0. The van der Waals surface area contributed by atoms with E-state index < -0.39 is 11.7 Å². The number of benzene rings is 1. The van der Waals surface area contributed by atoms with Gasteiger partial charge >= 0.3 is 6.18 Å². The Morgan fingerprint density at radius 3 is 2.55 bits per heavy atom. The molecule has 3 rings (SSSR count). The molecule has 0 atom stereocenters. The molecule has 20 heavy (non-hydrogen) atoms. The van der Waals surface area contributed by atoms with E-state index in [-0.39, 0.29) is 0 Å². The van der Waals surface area contributed by atoms with E-state index in [0.29, 0.717) is 0 Å². The molecule has 0 saturated carbocycles. The predicted octanol–water partition coefficient (Wildman–Crippen LogP) is 3.56. The van der Waals surface area contributed by atoms with Crippen molar-refractivity contribution in [1.82, 2.24) is 9.78 Å².